The van der Waals surface area contributed by atoms with Gasteiger partial charge in [0.2, 0.25) is 6.79 Å². The number of para-hydroxylation sites is 1. The summed E-state index contributed by atoms with van der Waals surface area (Å²) >= 11 is 5.05. The highest BCUT2D eigenvalue weighted by Gasteiger charge is 2.35. The smallest absolute Gasteiger partial charge is 0.270 e. The van der Waals surface area contributed by atoms with Gasteiger partial charge in [0.15, 0.2) is 16.6 Å². The minimum absolute atomic E-state index is 0.0286. The van der Waals surface area contributed by atoms with E-state index in [0.717, 1.165) is 4.90 Å². The van der Waals surface area contributed by atoms with Crippen molar-refractivity contribution in [3.05, 3.63) is 59.4 Å². The summed E-state index contributed by atoms with van der Waals surface area (Å²) in [6.45, 7) is 0.115. The molecule has 0 unspecified atom stereocenters. The van der Waals surface area contributed by atoms with Gasteiger partial charge in [-0.05, 0) is 48.1 Å². The van der Waals surface area contributed by atoms with Crippen molar-refractivity contribution in [1.82, 2.24) is 5.32 Å². The summed E-state index contributed by atoms with van der Waals surface area (Å²) in [6, 6.07) is 10.7. The first kappa shape index (κ1) is 16.2. The molecule has 130 valence electrons. The van der Waals surface area contributed by atoms with Crippen LogP contribution >= 0.6 is 12.2 Å². The molecule has 2 aliphatic rings. The second-order valence-corrected chi connectivity index (χ2v) is 5.91. The summed E-state index contributed by atoms with van der Waals surface area (Å²) < 4.78 is 24.6. The molecule has 0 atom stereocenters. The van der Waals surface area contributed by atoms with Crippen LogP contribution in [0, 0.1) is 5.82 Å². The number of carbonyl (C=O) groups is 2. The lowest BCUT2D eigenvalue weighted by Gasteiger charge is -2.29. The summed E-state index contributed by atoms with van der Waals surface area (Å²) in [6.07, 6.45) is 1.40. The van der Waals surface area contributed by atoms with Gasteiger partial charge in [0.25, 0.3) is 11.8 Å². The van der Waals surface area contributed by atoms with Crippen LogP contribution in [-0.4, -0.2) is 23.7 Å². The molecule has 0 aromatic heterocycles. The third-order valence-electron chi connectivity index (χ3n) is 3.90. The second-order valence-electron chi connectivity index (χ2n) is 5.52. The number of amides is 2. The van der Waals surface area contributed by atoms with E-state index in [2.05, 4.69) is 5.32 Å². The molecule has 8 heteroatoms. The molecule has 2 heterocycles. The Hall–Kier alpha value is -3.26. The van der Waals surface area contributed by atoms with Crippen LogP contribution in [0.3, 0.4) is 0 Å². The number of carbonyl (C=O) groups excluding carboxylic acids is 2. The molecular formula is C18H11FN2O4S. The van der Waals surface area contributed by atoms with Crippen molar-refractivity contribution < 1.29 is 23.5 Å². The largest absolute Gasteiger partial charge is 0.454 e. The van der Waals surface area contributed by atoms with Crippen LogP contribution in [0.15, 0.2) is 48.0 Å². The highest BCUT2D eigenvalue weighted by Crippen LogP contribution is 2.33. The fourth-order valence-corrected chi connectivity index (χ4v) is 2.95. The third kappa shape index (κ3) is 2.70. The van der Waals surface area contributed by atoms with Gasteiger partial charge < -0.3 is 9.47 Å². The zero-order valence-electron chi connectivity index (χ0n) is 13.2. The Kier molecular flexibility index (Phi) is 3.89. The van der Waals surface area contributed by atoms with Crippen molar-refractivity contribution in [1.29, 1.82) is 0 Å². The molecule has 2 aromatic rings. The van der Waals surface area contributed by atoms with Gasteiger partial charge >= 0.3 is 0 Å². The fourth-order valence-electron chi connectivity index (χ4n) is 2.68. The van der Waals surface area contributed by atoms with Crippen LogP contribution < -0.4 is 19.7 Å². The van der Waals surface area contributed by atoms with Crippen molar-refractivity contribution in [3.63, 3.8) is 0 Å². The SMILES string of the molecule is O=C1NC(=S)N(c2ccccc2F)C(=O)/C1=C\c1ccc2c(c1)OCO2. The molecule has 0 aliphatic carbocycles. The number of hydrogen-bond donors (Lipinski definition) is 1. The van der Waals surface area contributed by atoms with Gasteiger partial charge in [0, 0.05) is 0 Å². The van der Waals surface area contributed by atoms with Crippen molar-refractivity contribution >= 4 is 40.9 Å². The first-order valence-electron chi connectivity index (χ1n) is 7.60. The Bertz CT molecular complexity index is 989. The van der Waals surface area contributed by atoms with Crippen molar-refractivity contribution in [2.75, 3.05) is 11.7 Å². The van der Waals surface area contributed by atoms with Crippen molar-refractivity contribution in [2.45, 2.75) is 0 Å². The standard InChI is InChI=1S/C18H11FN2O4S/c19-12-3-1-2-4-13(12)21-17(23)11(16(22)20-18(21)26)7-10-5-6-14-15(8-10)25-9-24-14/h1-8H,9H2,(H,20,22,26)/b11-7-. The zero-order chi connectivity index (χ0) is 18.3. The Labute approximate surface area is 152 Å². The average molecular weight is 370 g/mol. The molecule has 6 nitrogen and oxygen atoms in total. The highest BCUT2D eigenvalue weighted by atomic mass is 32.1. The molecule has 2 aromatic carbocycles. The normalized spacial score (nSPS) is 17.7. The van der Waals surface area contributed by atoms with Gasteiger partial charge in [-0.1, -0.05) is 18.2 Å². The highest BCUT2D eigenvalue weighted by molar-refractivity contribution is 7.80. The van der Waals surface area contributed by atoms with Crippen molar-refractivity contribution in [2.24, 2.45) is 0 Å². The molecule has 1 saturated heterocycles. The topological polar surface area (TPSA) is 67.9 Å². The van der Waals surface area contributed by atoms with Gasteiger partial charge in [-0.15, -0.1) is 0 Å². The van der Waals surface area contributed by atoms with Crippen molar-refractivity contribution in [3.8, 4) is 11.5 Å². The van der Waals surface area contributed by atoms with Crippen LogP contribution in [0.2, 0.25) is 0 Å². The van der Waals surface area contributed by atoms with E-state index in [1.165, 1.54) is 24.3 Å². The van der Waals surface area contributed by atoms with Gasteiger partial charge in [-0.25, -0.2) is 9.29 Å². The lowest BCUT2D eigenvalue weighted by atomic mass is 10.1. The number of anilines is 1. The second kappa shape index (κ2) is 6.23. The molecule has 0 bridgehead atoms. The van der Waals surface area contributed by atoms with E-state index in [4.69, 9.17) is 21.7 Å². The van der Waals surface area contributed by atoms with E-state index in [-0.39, 0.29) is 23.2 Å². The number of fused-ring (bicyclic) bond motifs is 1. The summed E-state index contributed by atoms with van der Waals surface area (Å²) in [5.41, 5.74) is 0.369. The first-order chi connectivity index (χ1) is 12.5. The van der Waals surface area contributed by atoms with Crippen LogP contribution in [0.5, 0.6) is 11.5 Å². The molecular weight excluding hydrogens is 359 g/mol. The quantitative estimate of drug-likeness (QED) is 0.500. The Morgan fingerprint density at radius 3 is 2.69 bits per heavy atom. The molecule has 2 aliphatic heterocycles. The monoisotopic (exact) mass is 370 g/mol. The van der Waals surface area contributed by atoms with Crippen LogP contribution in [0.1, 0.15) is 5.56 Å². The minimum Gasteiger partial charge on any atom is -0.454 e. The van der Waals surface area contributed by atoms with Gasteiger partial charge in [-0.2, -0.15) is 0 Å². The van der Waals surface area contributed by atoms with E-state index in [1.807, 2.05) is 0 Å². The van der Waals surface area contributed by atoms with E-state index in [0.29, 0.717) is 17.1 Å². The predicted octanol–water partition coefficient (Wildman–Crippen LogP) is 2.39. The summed E-state index contributed by atoms with van der Waals surface area (Å²) in [7, 11) is 0. The Balaban J connectivity index is 1.74. The van der Waals surface area contributed by atoms with Gasteiger partial charge in [0.05, 0.1) is 5.69 Å². The lowest BCUT2D eigenvalue weighted by Crippen LogP contribution is -2.54. The average Bonchev–Trinajstić information content (AvgIpc) is 3.08. The molecule has 1 fully saturated rings. The predicted molar refractivity (Wildman–Crippen MR) is 95.2 cm³/mol. The number of ether oxygens (including phenoxy) is 2. The summed E-state index contributed by atoms with van der Waals surface area (Å²) in [5.74, 6) is -0.876. The van der Waals surface area contributed by atoms with Crippen LogP contribution in [-0.2, 0) is 9.59 Å². The molecule has 1 N–H and O–H groups in total. The van der Waals surface area contributed by atoms with E-state index < -0.39 is 17.6 Å². The molecule has 4 rings (SSSR count). The molecule has 0 saturated carbocycles. The fraction of sp³-hybridized carbons (Fsp3) is 0.0556. The third-order valence-corrected chi connectivity index (χ3v) is 4.19. The number of thiocarbonyl (C=S) groups is 1. The van der Waals surface area contributed by atoms with Crippen LogP contribution in [0.25, 0.3) is 6.08 Å². The maximum absolute atomic E-state index is 14.1. The number of nitrogens with zero attached hydrogens (tertiary/aromatic N) is 1. The Morgan fingerprint density at radius 2 is 1.88 bits per heavy atom. The van der Waals surface area contributed by atoms with E-state index in [9.17, 15) is 14.0 Å². The lowest BCUT2D eigenvalue weighted by molar-refractivity contribution is -0.122. The van der Waals surface area contributed by atoms with Crippen LogP contribution in [0.4, 0.5) is 10.1 Å². The maximum atomic E-state index is 14.1. The van der Waals surface area contributed by atoms with Gasteiger partial charge in [0.1, 0.15) is 11.4 Å². The summed E-state index contributed by atoms with van der Waals surface area (Å²) in [4.78, 5) is 26.0. The number of halogens is 1. The Morgan fingerprint density at radius 1 is 1.12 bits per heavy atom. The number of hydrogen-bond acceptors (Lipinski definition) is 5. The number of rotatable bonds is 2. The molecule has 2 amide bonds. The maximum Gasteiger partial charge on any atom is 0.270 e. The van der Waals surface area contributed by atoms with E-state index >= 15 is 0 Å². The number of benzene rings is 2. The molecule has 0 spiro atoms. The summed E-state index contributed by atoms with van der Waals surface area (Å²) in [5, 5.41) is 2.24. The first-order valence-corrected chi connectivity index (χ1v) is 8.01. The van der Waals surface area contributed by atoms with Gasteiger partial charge in [-0.3, -0.25) is 14.9 Å². The zero-order valence-corrected chi connectivity index (χ0v) is 14.0. The minimum atomic E-state index is -0.707. The molecule has 26 heavy (non-hydrogen) atoms. The van der Waals surface area contributed by atoms with E-state index in [1.54, 1.807) is 24.3 Å². The number of nitrogens with one attached hydrogen (secondary N) is 1. The molecule has 0 radical (unpaired) electrons.